The summed E-state index contributed by atoms with van der Waals surface area (Å²) in [6.45, 7) is 2.63. The summed E-state index contributed by atoms with van der Waals surface area (Å²) >= 11 is 6.28. The Labute approximate surface area is 216 Å². The molecule has 0 atom stereocenters. The molecule has 0 bridgehead atoms. The van der Waals surface area contributed by atoms with E-state index in [1.165, 1.54) is 7.05 Å². The number of H-pyrrole nitrogens is 1. The lowest BCUT2D eigenvalue weighted by atomic mass is 10.1. The van der Waals surface area contributed by atoms with Gasteiger partial charge in [-0.2, -0.15) is 5.10 Å². The molecule has 0 saturated heterocycles. The van der Waals surface area contributed by atoms with Crippen molar-refractivity contribution in [2.75, 3.05) is 0 Å². The molecule has 0 aliphatic heterocycles. The Kier molecular flexibility index (Phi) is 5.38. The fourth-order valence-electron chi connectivity index (χ4n) is 4.84. The highest BCUT2D eigenvalue weighted by atomic mass is 35.5. The first-order valence-electron chi connectivity index (χ1n) is 11.8. The van der Waals surface area contributed by atoms with E-state index in [-0.39, 0.29) is 6.54 Å². The van der Waals surface area contributed by atoms with E-state index in [0.29, 0.717) is 34.1 Å². The summed E-state index contributed by atoms with van der Waals surface area (Å²) in [5, 5.41) is 6.81. The van der Waals surface area contributed by atoms with Gasteiger partial charge in [-0.25, -0.2) is 9.78 Å². The van der Waals surface area contributed by atoms with Gasteiger partial charge >= 0.3 is 5.69 Å². The average molecular weight is 514 g/mol. The molecule has 10 heteroatoms. The maximum absolute atomic E-state index is 13.6. The molecule has 0 amide bonds. The maximum Gasteiger partial charge on any atom is 0.332 e. The monoisotopic (exact) mass is 513 g/mol. The molecule has 0 unspecified atom stereocenters. The first-order chi connectivity index (χ1) is 17.8. The van der Waals surface area contributed by atoms with Crippen LogP contribution < -0.4 is 11.2 Å². The van der Waals surface area contributed by atoms with Crippen molar-refractivity contribution in [3.8, 4) is 11.5 Å². The Morgan fingerprint density at radius 1 is 1.03 bits per heavy atom. The number of benzene rings is 2. The van der Waals surface area contributed by atoms with Crippen molar-refractivity contribution in [2.24, 2.45) is 14.1 Å². The molecule has 2 aromatic carbocycles. The predicted molar refractivity (Wildman–Crippen MR) is 144 cm³/mol. The molecule has 0 aliphatic rings. The minimum Gasteiger partial charge on any atom is -0.361 e. The summed E-state index contributed by atoms with van der Waals surface area (Å²) < 4.78 is 6.31. The fourth-order valence-corrected chi connectivity index (χ4v) is 5.01. The van der Waals surface area contributed by atoms with Gasteiger partial charge in [-0.15, -0.1) is 0 Å². The Balaban J connectivity index is 1.64. The highest BCUT2D eigenvalue weighted by Gasteiger charge is 2.25. The minimum atomic E-state index is -0.421. The molecule has 37 heavy (non-hydrogen) atoms. The SMILES string of the molecule is Cc1ccccc1Cn1c(=O)n(C)c(=O)c2c(-c3nccn3C)n(Cc3c[nH]c4ccc(Cl)cc34)nc21. The number of rotatable bonds is 5. The third-order valence-electron chi connectivity index (χ3n) is 6.90. The number of halogens is 1. The second kappa shape index (κ2) is 8.63. The zero-order valence-electron chi connectivity index (χ0n) is 20.6. The van der Waals surface area contributed by atoms with Crippen LogP contribution in [0.4, 0.5) is 0 Å². The number of aryl methyl sites for hydroxylation is 2. The summed E-state index contributed by atoms with van der Waals surface area (Å²) in [7, 11) is 3.37. The number of imidazole rings is 1. The van der Waals surface area contributed by atoms with Crippen LogP contribution in [0.2, 0.25) is 5.02 Å². The first-order valence-corrected chi connectivity index (χ1v) is 12.2. The third kappa shape index (κ3) is 3.70. The van der Waals surface area contributed by atoms with Gasteiger partial charge in [0, 0.05) is 48.6 Å². The first kappa shape index (κ1) is 23.1. The van der Waals surface area contributed by atoms with Gasteiger partial charge in [0.25, 0.3) is 5.56 Å². The summed E-state index contributed by atoms with van der Waals surface area (Å²) in [6.07, 6.45) is 5.41. The van der Waals surface area contributed by atoms with Crippen LogP contribution >= 0.6 is 11.6 Å². The van der Waals surface area contributed by atoms with Crippen molar-refractivity contribution in [1.29, 1.82) is 0 Å². The molecular weight excluding hydrogens is 490 g/mol. The van der Waals surface area contributed by atoms with E-state index < -0.39 is 11.2 Å². The van der Waals surface area contributed by atoms with Crippen molar-refractivity contribution in [2.45, 2.75) is 20.0 Å². The number of hydrogen-bond donors (Lipinski definition) is 1. The maximum atomic E-state index is 13.6. The van der Waals surface area contributed by atoms with Crippen molar-refractivity contribution in [1.82, 2.24) is 33.4 Å². The van der Waals surface area contributed by atoms with Gasteiger partial charge in [-0.3, -0.25) is 18.6 Å². The van der Waals surface area contributed by atoms with Gasteiger partial charge in [-0.05, 0) is 41.8 Å². The number of nitrogens with zero attached hydrogens (tertiary/aromatic N) is 6. The highest BCUT2D eigenvalue weighted by Crippen LogP contribution is 2.28. The van der Waals surface area contributed by atoms with Crippen molar-refractivity contribution in [3.05, 3.63) is 104 Å². The Bertz CT molecular complexity index is 1940. The fraction of sp³-hybridized carbons (Fsp3) is 0.185. The molecule has 6 aromatic rings. The lowest BCUT2D eigenvalue weighted by Crippen LogP contribution is -2.38. The van der Waals surface area contributed by atoms with Gasteiger partial charge in [0.2, 0.25) is 0 Å². The van der Waals surface area contributed by atoms with Gasteiger partial charge in [-0.1, -0.05) is 35.9 Å². The zero-order valence-corrected chi connectivity index (χ0v) is 21.3. The van der Waals surface area contributed by atoms with Gasteiger partial charge in [0.05, 0.1) is 13.1 Å². The lowest BCUT2D eigenvalue weighted by Gasteiger charge is -2.11. The molecule has 0 spiro atoms. The summed E-state index contributed by atoms with van der Waals surface area (Å²) in [5.74, 6) is 0.582. The average Bonchev–Trinajstić information content (AvgIpc) is 3.58. The predicted octanol–water partition coefficient (Wildman–Crippen LogP) is 3.84. The molecule has 0 fully saturated rings. The molecule has 1 N–H and O–H groups in total. The zero-order chi connectivity index (χ0) is 25.8. The van der Waals surface area contributed by atoms with Crippen LogP contribution in [-0.2, 0) is 27.2 Å². The van der Waals surface area contributed by atoms with Crippen LogP contribution in [-0.4, -0.2) is 33.4 Å². The van der Waals surface area contributed by atoms with Gasteiger partial charge in [0.1, 0.15) is 11.1 Å². The van der Waals surface area contributed by atoms with Crippen molar-refractivity contribution >= 4 is 33.5 Å². The minimum absolute atomic E-state index is 0.288. The molecule has 0 saturated carbocycles. The molecule has 9 nitrogen and oxygen atoms in total. The molecule has 0 radical (unpaired) electrons. The topological polar surface area (TPSA) is 95.4 Å². The van der Waals surface area contributed by atoms with Crippen LogP contribution in [0, 0.1) is 6.92 Å². The quantitative estimate of drug-likeness (QED) is 0.379. The van der Waals surface area contributed by atoms with Crippen LogP contribution in [0.25, 0.3) is 33.5 Å². The summed E-state index contributed by atoms with van der Waals surface area (Å²) in [4.78, 5) is 34.7. The van der Waals surface area contributed by atoms with E-state index in [9.17, 15) is 9.59 Å². The lowest BCUT2D eigenvalue weighted by molar-refractivity contribution is 0.650. The molecule has 186 valence electrons. The number of hydrogen-bond acceptors (Lipinski definition) is 4. The van der Waals surface area contributed by atoms with E-state index >= 15 is 0 Å². The summed E-state index contributed by atoms with van der Waals surface area (Å²) in [5.41, 5.74) is 3.97. The van der Waals surface area contributed by atoms with E-state index in [4.69, 9.17) is 16.7 Å². The smallest absolute Gasteiger partial charge is 0.332 e. The Morgan fingerprint density at radius 3 is 2.59 bits per heavy atom. The Hall–Kier alpha value is -4.37. The second-order valence-corrected chi connectivity index (χ2v) is 9.67. The third-order valence-corrected chi connectivity index (χ3v) is 7.13. The highest BCUT2D eigenvalue weighted by molar-refractivity contribution is 6.31. The standard InChI is InChI=1S/C27H24ClN7O2/c1-16-6-4-5-7-17(16)14-34-24-22(26(36)33(3)27(34)37)23(25-29-10-11-32(25)2)35(31-24)15-18-13-30-21-9-8-19(28)12-20(18)21/h4-13,30H,14-15H2,1-3H3. The number of fused-ring (bicyclic) bond motifs is 2. The van der Waals surface area contributed by atoms with Gasteiger partial charge in [0.15, 0.2) is 11.5 Å². The molecular formula is C27H24ClN7O2. The normalized spacial score (nSPS) is 11.7. The largest absolute Gasteiger partial charge is 0.361 e. The van der Waals surface area contributed by atoms with Crippen molar-refractivity contribution < 1.29 is 0 Å². The van der Waals surface area contributed by atoms with E-state index in [1.807, 2.05) is 73.4 Å². The molecule has 4 heterocycles. The molecule has 6 rings (SSSR count). The van der Waals surface area contributed by atoms with Crippen LogP contribution in [0.5, 0.6) is 0 Å². The second-order valence-electron chi connectivity index (χ2n) is 9.23. The van der Waals surface area contributed by atoms with Crippen LogP contribution in [0.3, 0.4) is 0 Å². The van der Waals surface area contributed by atoms with E-state index in [1.54, 1.807) is 15.4 Å². The summed E-state index contributed by atoms with van der Waals surface area (Å²) in [6, 6.07) is 13.5. The number of nitrogens with one attached hydrogen (secondary N) is 1. The van der Waals surface area contributed by atoms with Gasteiger partial charge < -0.3 is 9.55 Å². The number of aromatic nitrogens is 7. The molecule has 0 aliphatic carbocycles. The van der Waals surface area contributed by atoms with E-state index in [0.717, 1.165) is 32.2 Å². The van der Waals surface area contributed by atoms with E-state index in [2.05, 4.69) is 9.97 Å². The Morgan fingerprint density at radius 2 is 1.84 bits per heavy atom. The van der Waals surface area contributed by atoms with Crippen molar-refractivity contribution in [3.63, 3.8) is 0 Å². The molecule has 4 aromatic heterocycles. The van der Waals surface area contributed by atoms with Crippen LogP contribution in [0.15, 0.2) is 70.6 Å². The van der Waals surface area contributed by atoms with Crippen LogP contribution in [0.1, 0.15) is 16.7 Å². The number of aromatic amines is 1.